The van der Waals surface area contributed by atoms with Crippen LogP contribution in [0.2, 0.25) is 0 Å². The Morgan fingerprint density at radius 3 is 2.16 bits per heavy atom. The zero-order valence-electron chi connectivity index (χ0n) is 17.3. The second-order valence-corrected chi connectivity index (χ2v) is 10.1. The first kappa shape index (κ1) is 24.0. The van der Waals surface area contributed by atoms with E-state index in [9.17, 15) is 31.1 Å². The van der Waals surface area contributed by atoms with Crippen molar-refractivity contribution in [2.45, 2.75) is 63.5 Å². The molecule has 0 unspecified atom stereocenters. The van der Waals surface area contributed by atoms with Crippen molar-refractivity contribution in [3.8, 4) is 0 Å². The molecule has 1 aromatic carbocycles. The number of nitrogens with one attached hydrogen (secondary N) is 2. The van der Waals surface area contributed by atoms with Crippen LogP contribution in [0.15, 0.2) is 18.2 Å². The van der Waals surface area contributed by atoms with Gasteiger partial charge in [0.1, 0.15) is 12.2 Å². The van der Waals surface area contributed by atoms with E-state index in [1.54, 1.807) is 11.4 Å². The molecule has 0 atom stereocenters. The lowest BCUT2D eigenvalue weighted by Gasteiger charge is -2.70. The second-order valence-electron chi connectivity index (χ2n) is 9.23. The molecule has 1 amide bonds. The normalized spacial score (nSPS) is 25.6. The molecule has 2 bridgehead atoms. The lowest BCUT2D eigenvalue weighted by atomic mass is 9.39. The van der Waals surface area contributed by atoms with Gasteiger partial charge >= 0.3 is 12.4 Å². The largest absolute Gasteiger partial charge is 0.416 e. The number of benzene rings is 1. The molecule has 3 aliphatic rings. The number of hydrogen-bond donors (Lipinski definition) is 2. The topological polar surface area (TPSA) is 53.6 Å². The summed E-state index contributed by atoms with van der Waals surface area (Å²) in [6, 6.07) is 2.50. The van der Waals surface area contributed by atoms with E-state index >= 15 is 0 Å². The minimum absolute atomic E-state index is 0.0301. The third-order valence-corrected chi connectivity index (χ3v) is 6.78. The van der Waals surface area contributed by atoms with E-state index in [1.807, 2.05) is 20.8 Å². The molecule has 3 aliphatic carbocycles. The molecule has 2 N–H and O–H groups in total. The number of rotatable bonds is 6. The highest BCUT2D eigenvalue weighted by Crippen LogP contribution is 2.73. The first-order chi connectivity index (χ1) is 14.0. The van der Waals surface area contributed by atoms with E-state index in [1.165, 1.54) is 0 Å². The third kappa shape index (κ3) is 4.61. The van der Waals surface area contributed by atoms with Crippen molar-refractivity contribution >= 4 is 23.8 Å². The Balaban J connectivity index is 1.73. The number of alkyl halides is 6. The Hall–Kier alpha value is -1.66. The van der Waals surface area contributed by atoms with Crippen LogP contribution in [-0.4, -0.2) is 34.5 Å². The maximum absolute atomic E-state index is 13.1. The highest BCUT2D eigenvalue weighted by Gasteiger charge is 2.79. The van der Waals surface area contributed by atoms with E-state index in [0.717, 1.165) is 24.4 Å². The summed E-state index contributed by atoms with van der Waals surface area (Å²) in [5, 5.41) is 2.50. The van der Waals surface area contributed by atoms with E-state index in [4.69, 9.17) is 4.28 Å². The van der Waals surface area contributed by atoms with Gasteiger partial charge in [-0.3, -0.25) is 10.3 Å². The maximum Gasteiger partial charge on any atom is 0.416 e. The van der Waals surface area contributed by atoms with Crippen molar-refractivity contribution in [1.82, 2.24) is 9.62 Å². The second kappa shape index (κ2) is 7.45. The fraction of sp³-hybridized carbons (Fsp3) is 0.632. The first-order valence-corrected chi connectivity index (χ1v) is 10.1. The molecule has 31 heavy (non-hydrogen) atoms. The van der Waals surface area contributed by atoms with Crippen LogP contribution >= 0.6 is 12.2 Å². The molecule has 0 radical (unpaired) electrons. The van der Waals surface area contributed by atoms with Crippen molar-refractivity contribution in [2.24, 2.45) is 5.41 Å². The number of carbonyl (C=O) groups excluding carboxylic acids is 1. The van der Waals surface area contributed by atoms with Gasteiger partial charge in [0.25, 0.3) is 5.91 Å². The molecule has 0 aliphatic heterocycles. The smallest absolute Gasteiger partial charge is 0.346 e. The number of anilines is 1. The van der Waals surface area contributed by atoms with Gasteiger partial charge in [-0.05, 0) is 58.2 Å². The minimum atomic E-state index is -4.69. The standard InChI is InChI=1S/C19H23F6N3O2S/c1-15(2,3)28(4)31-30-27-13-6-5-11(18(20,21)22)7-12(13)14(29)26-17-8-16(9-17,10-17)19(23,24)25/h5-7,27H,8-10H2,1-4H3,(H,26,29). The fourth-order valence-electron chi connectivity index (χ4n) is 3.76. The van der Waals surface area contributed by atoms with Crippen molar-refractivity contribution in [2.75, 3.05) is 12.5 Å². The molecule has 0 spiro atoms. The molecule has 0 saturated heterocycles. The zero-order valence-corrected chi connectivity index (χ0v) is 18.1. The van der Waals surface area contributed by atoms with Crippen molar-refractivity contribution in [3.63, 3.8) is 0 Å². The SMILES string of the molecule is CN(SONc1ccc(C(F)(F)F)cc1C(=O)NC12CC(C(F)(F)F)(C1)C2)C(C)(C)C. The van der Waals surface area contributed by atoms with Crippen molar-refractivity contribution in [1.29, 1.82) is 0 Å². The summed E-state index contributed by atoms with van der Waals surface area (Å²) in [5.41, 5.74) is -2.07. The van der Waals surface area contributed by atoms with Gasteiger partial charge in [0.05, 0.1) is 22.2 Å². The van der Waals surface area contributed by atoms with Crippen LogP contribution < -0.4 is 10.8 Å². The van der Waals surface area contributed by atoms with Crippen LogP contribution in [-0.2, 0) is 10.5 Å². The van der Waals surface area contributed by atoms with Crippen LogP contribution in [0.25, 0.3) is 0 Å². The Bertz CT molecular complexity index is 846. The van der Waals surface area contributed by atoms with Crippen LogP contribution in [0.3, 0.4) is 0 Å². The molecule has 174 valence electrons. The van der Waals surface area contributed by atoms with E-state index in [2.05, 4.69) is 10.8 Å². The van der Waals surface area contributed by atoms with Gasteiger partial charge in [0, 0.05) is 18.1 Å². The van der Waals surface area contributed by atoms with E-state index in [0.29, 0.717) is 6.07 Å². The van der Waals surface area contributed by atoms with E-state index in [-0.39, 0.29) is 36.1 Å². The van der Waals surface area contributed by atoms with Gasteiger partial charge in [-0.1, -0.05) is 0 Å². The predicted molar refractivity (Wildman–Crippen MR) is 104 cm³/mol. The van der Waals surface area contributed by atoms with Gasteiger partial charge in [-0.2, -0.15) is 30.6 Å². The Labute approximate surface area is 180 Å². The average Bonchev–Trinajstić information content (AvgIpc) is 2.53. The van der Waals surface area contributed by atoms with Crippen molar-refractivity contribution < 1.29 is 35.4 Å². The van der Waals surface area contributed by atoms with Crippen LogP contribution in [0, 0.1) is 5.41 Å². The third-order valence-electron chi connectivity index (χ3n) is 5.85. The molecule has 5 nitrogen and oxygen atoms in total. The zero-order chi connectivity index (χ0) is 23.5. The number of nitrogens with zero attached hydrogens (tertiary/aromatic N) is 1. The van der Waals surface area contributed by atoms with E-state index < -0.39 is 34.8 Å². The molecular weight excluding hydrogens is 448 g/mol. The maximum atomic E-state index is 13.1. The number of hydrogen-bond acceptors (Lipinski definition) is 5. The first-order valence-electron chi connectivity index (χ1n) is 9.42. The molecule has 4 rings (SSSR count). The van der Waals surface area contributed by atoms with Gasteiger partial charge in [-0.15, -0.1) is 0 Å². The number of amides is 1. The average molecular weight is 471 g/mol. The Morgan fingerprint density at radius 1 is 1.10 bits per heavy atom. The highest BCUT2D eigenvalue weighted by atomic mass is 32.2. The quantitative estimate of drug-likeness (QED) is 0.246. The molecule has 12 heteroatoms. The Kier molecular flexibility index (Phi) is 5.76. The minimum Gasteiger partial charge on any atom is -0.346 e. The van der Waals surface area contributed by atoms with Gasteiger partial charge in [0.15, 0.2) is 0 Å². The molecule has 0 aromatic heterocycles. The number of carbonyl (C=O) groups is 1. The van der Waals surface area contributed by atoms with Gasteiger partial charge in [0.2, 0.25) is 0 Å². The van der Waals surface area contributed by atoms with Gasteiger partial charge in [-0.25, -0.2) is 4.31 Å². The fourth-order valence-corrected chi connectivity index (χ4v) is 4.22. The van der Waals surface area contributed by atoms with Crippen LogP contribution in [0.4, 0.5) is 32.0 Å². The molecule has 0 heterocycles. The molecule has 1 aromatic rings. The van der Waals surface area contributed by atoms with Gasteiger partial charge < -0.3 is 5.32 Å². The predicted octanol–water partition coefficient (Wildman–Crippen LogP) is 5.56. The lowest BCUT2D eigenvalue weighted by molar-refractivity contribution is -0.336. The highest BCUT2D eigenvalue weighted by molar-refractivity contribution is 7.92. The Morgan fingerprint density at radius 2 is 1.68 bits per heavy atom. The summed E-state index contributed by atoms with van der Waals surface area (Å²) < 4.78 is 85.5. The summed E-state index contributed by atoms with van der Waals surface area (Å²) in [5.74, 6) is -0.887. The molecular formula is C19H23F6N3O2S. The summed E-state index contributed by atoms with van der Waals surface area (Å²) >= 11 is 0.890. The monoisotopic (exact) mass is 471 g/mol. The van der Waals surface area contributed by atoms with Crippen LogP contribution in [0.5, 0.6) is 0 Å². The molecule has 3 fully saturated rings. The summed E-state index contributed by atoms with van der Waals surface area (Å²) in [6.45, 7) is 5.74. The van der Waals surface area contributed by atoms with Crippen LogP contribution in [0.1, 0.15) is 56.0 Å². The summed E-state index contributed by atoms with van der Waals surface area (Å²) in [4.78, 5) is 12.7. The summed E-state index contributed by atoms with van der Waals surface area (Å²) in [7, 11) is 1.74. The van der Waals surface area contributed by atoms with Crippen molar-refractivity contribution in [3.05, 3.63) is 29.3 Å². The molecule has 3 saturated carbocycles. The summed E-state index contributed by atoms with van der Waals surface area (Å²) in [6.07, 6.45) is -9.84. The number of halogens is 6. The lowest BCUT2D eigenvalue weighted by Crippen LogP contribution is -2.78.